The Morgan fingerprint density at radius 3 is 2.52 bits per heavy atom. The lowest BCUT2D eigenvalue weighted by Crippen LogP contribution is -2.24. The van der Waals surface area contributed by atoms with Crippen LogP contribution < -0.4 is 5.32 Å². The molecule has 5 heteroatoms. The van der Waals surface area contributed by atoms with Crippen LogP contribution in [0.2, 0.25) is 0 Å². The highest BCUT2D eigenvalue weighted by Crippen LogP contribution is 2.10. The first-order chi connectivity index (χ1) is 11.2. The van der Waals surface area contributed by atoms with Gasteiger partial charge in [-0.25, -0.2) is 4.68 Å². The molecule has 0 saturated carbocycles. The van der Waals surface area contributed by atoms with Crippen LogP contribution in [0.15, 0.2) is 67.0 Å². The van der Waals surface area contributed by atoms with Gasteiger partial charge in [0.15, 0.2) is 0 Å². The Morgan fingerprint density at radius 2 is 1.78 bits per heavy atom. The van der Waals surface area contributed by atoms with Gasteiger partial charge in [0, 0.05) is 12.7 Å². The molecule has 0 aliphatic carbocycles. The number of benzene rings is 2. The molecule has 3 aromatic rings. The van der Waals surface area contributed by atoms with E-state index in [1.807, 2.05) is 36.5 Å². The van der Waals surface area contributed by atoms with E-state index in [0.717, 1.165) is 16.8 Å². The molecule has 5 nitrogen and oxygen atoms in total. The van der Waals surface area contributed by atoms with Crippen molar-refractivity contribution in [2.45, 2.75) is 13.0 Å². The number of aromatic nitrogens is 2. The van der Waals surface area contributed by atoms with Crippen LogP contribution in [0.5, 0.6) is 5.75 Å². The SMILES string of the molecule is O=C(Cc1cnn(-c2ccccc2)c1)NCc1ccc(O)cc1. The highest BCUT2D eigenvalue weighted by atomic mass is 16.3. The van der Waals surface area contributed by atoms with Crippen molar-refractivity contribution in [3.05, 3.63) is 78.1 Å². The molecule has 0 atom stereocenters. The maximum atomic E-state index is 12.0. The van der Waals surface area contributed by atoms with E-state index in [1.54, 1.807) is 35.1 Å². The van der Waals surface area contributed by atoms with E-state index in [2.05, 4.69) is 10.4 Å². The Morgan fingerprint density at radius 1 is 1.04 bits per heavy atom. The van der Waals surface area contributed by atoms with Crippen molar-refractivity contribution in [3.63, 3.8) is 0 Å². The number of hydrogen-bond donors (Lipinski definition) is 2. The molecule has 1 aromatic heterocycles. The molecule has 0 saturated heterocycles. The molecular weight excluding hydrogens is 290 g/mol. The van der Waals surface area contributed by atoms with Crippen molar-refractivity contribution in [2.75, 3.05) is 0 Å². The Bertz CT molecular complexity index is 780. The van der Waals surface area contributed by atoms with E-state index >= 15 is 0 Å². The van der Waals surface area contributed by atoms with Gasteiger partial charge >= 0.3 is 0 Å². The summed E-state index contributed by atoms with van der Waals surface area (Å²) < 4.78 is 1.75. The molecule has 0 spiro atoms. The largest absolute Gasteiger partial charge is 0.508 e. The van der Waals surface area contributed by atoms with E-state index in [9.17, 15) is 9.90 Å². The number of amides is 1. The molecule has 116 valence electrons. The summed E-state index contributed by atoms with van der Waals surface area (Å²) in [6.45, 7) is 0.436. The predicted octanol–water partition coefficient (Wildman–Crippen LogP) is 2.44. The third kappa shape index (κ3) is 3.97. The highest BCUT2D eigenvalue weighted by molar-refractivity contribution is 5.78. The number of carbonyl (C=O) groups excluding carboxylic acids is 1. The maximum Gasteiger partial charge on any atom is 0.224 e. The normalized spacial score (nSPS) is 10.4. The monoisotopic (exact) mass is 307 g/mol. The van der Waals surface area contributed by atoms with Crippen molar-refractivity contribution in [3.8, 4) is 11.4 Å². The lowest BCUT2D eigenvalue weighted by Gasteiger charge is -2.04. The molecule has 0 bridgehead atoms. The van der Waals surface area contributed by atoms with Crippen LogP contribution in [-0.2, 0) is 17.8 Å². The van der Waals surface area contributed by atoms with E-state index in [1.165, 1.54) is 0 Å². The van der Waals surface area contributed by atoms with Crippen LogP contribution in [0.3, 0.4) is 0 Å². The molecule has 2 N–H and O–H groups in total. The van der Waals surface area contributed by atoms with Gasteiger partial charge in [0.2, 0.25) is 5.91 Å². The molecule has 23 heavy (non-hydrogen) atoms. The molecule has 3 rings (SSSR count). The van der Waals surface area contributed by atoms with Crippen molar-refractivity contribution in [2.24, 2.45) is 0 Å². The highest BCUT2D eigenvalue weighted by Gasteiger charge is 2.06. The number of rotatable bonds is 5. The second-order valence-electron chi connectivity index (χ2n) is 5.25. The van der Waals surface area contributed by atoms with Gasteiger partial charge in [-0.05, 0) is 35.4 Å². The average Bonchev–Trinajstić information content (AvgIpc) is 3.04. The molecule has 0 unspecified atom stereocenters. The number of aromatic hydroxyl groups is 1. The number of carbonyl (C=O) groups is 1. The Hall–Kier alpha value is -3.08. The number of nitrogens with one attached hydrogen (secondary N) is 1. The zero-order valence-corrected chi connectivity index (χ0v) is 12.5. The first-order valence-electron chi connectivity index (χ1n) is 7.34. The minimum absolute atomic E-state index is 0.0642. The zero-order valence-electron chi connectivity index (χ0n) is 12.5. The molecule has 0 aliphatic heterocycles. The van der Waals surface area contributed by atoms with Gasteiger partial charge in [0.05, 0.1) is 18.3 Å². The van der Waals surface area contributed by atoms with Crippen LogP contribution in [0.4, 0.5) is 0 Å². The summed E-state index contributed by atoms with van der Waals surface area (Å²) in [5, 5.41) is 16.4. The van der Waals surface area contributed by atoms with Gasteiger partial charge in [-0.3, -0.25) is 4.79 Å². The molecule has 1 amide bonds. The van der Waals surface area contributed by atoms with E-state index in [0.29, 0.717) is 6.54 Å². The number of hydrogen-bond acceptors (Lipinski definition) is 3. The van der Waals surface area contributed by atoms with Crippen LogP contribution in [-0.4, -0.2) is 20.8 Å². The minimum Gasteiger partial charge on any atom is -0.508 e. The van der Waals surface area contributed by atoms with Crippen LogP contribution in [0.25, 0.3) is 5.69 Å². The van der Waals surface area contributed by atoms with Gasteiger partial charge in [-0.2, -0.15) is 5.10 Å². The second kappa shape index (κ2) is 6.79. The Kier molecular flexibility index (Phi) is 4.38. The third-order valence-corrected chi connectivity index (χ3v) is 3.45. The summed E-state index contributed by atoms with van der Waals surface area (Å²) in [7, 11) is 0. The number of phenols is 1. The molecular formula is C18H17N3O2. The van der Waals surface area contributed by atoms with Crippen LogP contribution in [0.1, 0.15) is 11.1 Å². The van der Waals surface area contributed by atoms with Gasteiger partial charge < -0.3 is 10.4 Å². The fourth-order valence-corrected chi connectivity index (χ4v) is 2.24. The summed E-state index contributed by atoms with van der Waals surface area (Å²) in [6.07, 6.45) is 3.84. The number of para-hydroxylation sites is 1. The van der Waals surface area contributed by atoms with Crippen molar-refractivity contribution >= 4 is 5.91 Å². The quantitative estimate of drug-likeness (QED) is 0.761. The standard InChI is InChI=1S/C18H17N3O2/c22-17-8-6-14(7-9-17)11-19-18(23)10-15-12-20-21(13-15)16-4-2-1-3-5-16/h1-9,12-13,22H,10-11H2,(H,19,23). The Balaban J connectivity index is 1.56. The maximum absolute atomic E-state index is 12.0. The molecule has 0 aliphatic rings. The number of nitrogens with zero attached hydrogens (tertiary/aromatic N) is 2. The molecule has 2 aromatic carbocycles. The molecule has 0 fully saturated rings. The number of phenolic OH excluding ortho intramolecular Hbond substituents is 1. The van der Waals surface area contributed by atoms with E-state index in [4.69, 9.17) is 0 Å². The molecule has 1 heterocycles. The fourth-order valence-electron chi connectivity index (χ4n) is 2.24. The van der Waals surface area contributed by atoms with Crippen molar-refractivity contribution < 1.29 is 9.90 Å². The third-order valence-electron chi connectivity index (χ3n) is 3.45. The van der Waals surface area contributed by atoms with Gasteiger partial charge in [0.25, 0.3) is 0 Å². The van der Waals surface area contributed by atoms with E-state index < -0.39 is 0 Å². The first-order valence-corrected chi connectivity index (χ1v) is 7.34. The lowest BCUT2D eigenvalue weighted by molar-refractivity contribution is -0.120. The smallest absolute Gasteiger partial charge is 0.224 e. The van der Waals surface area contributed by atoms with Crippen LogP contribution >= 0.6 is 0 Å². The summed E-state index contributed by atoms with van der Waals surface area (Å²) in [5.74, 6) is 0.152. The first kappa shape index (κ1) is 14.8. The average molecular weight is 307 g/mol. The second-order valence-corrected chi connectivity index (χ2v) is 5.25. The summed E-state index contributed by atoms with van der Waals surface area (Å²) in [4.78, 5) is 12.0. The minimum atomic E-state index is -0.0642. The van der Waals surface area contributed by atoms with Gasteiger partial charge in [-0.1, -0.05) is 30.3 Å². The summed E-state index contributed by atoms with van der Waals surface area (Å²) in [5.41, 5.74) is 2.76. The topological polar surface area (TPSA) is 67.2 Å². The van der Waals surface area contributed by atoms with Crippen molar-refractivity contribution in [1.82, 2.24) is 15.1 Å². The fraction of sp³-hybridized carbons (Fsp3) is 0.111. The lowest BCUT2D eigenvalue weighted by atomic mass is 10.2. The van der Waals surface area contributed by atoms with Gasteiger partial charge in [-0.15, -0.1) is 0 Å². The van der Waals surface area contributed by atoms with Crippen molar-refractivity contribution in [1.29, 1.82) is 0 Å². The summed E-state index contributed by atoms with van der Waals surface area (Å²) >= 11 is 0. The van der Waals surface area contributed by atoms with Gasteiger partial charge in [0.1, 0.15) is 5.75 Å². The van der Waals surface area contributed by atoms with Crippen LogP contribution in [0, 0.1) is 0 Å². The zero-order chi connectivity index (χ0) is 16.1. The summed E-state index contributed by atoms with van der Waals surface area (Å²) in [6, 6.07) is 16.5. The van der Waals surface area contributed by atoms with E-state index in [-0.39, 0.29) is 18.1 Å². The Labute approximate surface area is 134 Å². The molecule has 0 radical (unpaired) electrons. The predicted molar refractivity (Wildman–Crippen MR) is 87.2 cm³/mol.